The first kappa shape index (κ1) is 21.6. The average Bonchev–Trinajstić information content (AvgIpc) is 2.69. The second-order valence-electron chi connectivity index (χ2n) is 6.14. The van der Waals surface area contributed by atoms with Gasteiger partial charge in [0.05, 0.1) is 25.6 Å². The minimum atomic E-state index is -3.63. The average molecular weight is 407 g/mol. The number of anilines is 1. The number of amides is 1. The molecular formula is C20H26N2O5S. The predicted molar refractivity (Wildman–Crippen MR) is 109 cm³/mol. The van der Waals surface area contributed by atoms with Crippen molar-refractivity contribution in [2.45, 2.75) is 19.4 Å². The van der Waals surface area contributed by atoms with Gasteiger partial charge in [0.25, 0.3) is 0 Å². The van der Waals surface area contributed by atoms with E-state index in [1.165, 1.54) is 0 Å². The van der Waals surface area contributed by atoms with Gasteiger partial charge in [0.2, 0.25) is 15.9 Å². The van der Waals surface area contributed by atoms with Gasteiger partial charge in [0, 0.05) is 6.07 Å². The van der Waals surface area contributed by atoms with Crippen LogP contribution in [0, 0.1) is 0 Å². The molecule has 1 N–H and O–H groups in total. The number of para-hydroxylation sites is 1. The topological polar surface area (TPSA) is 84.9 Å². The maximum Gasteiger partial charge on any atom is 0.244 e. The summed E-state index contributed by atoms with van der Waals surface area (Å²) in [6.07, 6.45) is 1.44. The Morgan fingerprint density at radius 1 is 1.11 bits per heavy atom. The third-order valence-corrected chi connectivity index (χ3v) is 5.23. The molecular weight excluding hydrogens is 380 g/mol. The van der Waals surface area contributed by atoms with Gasteiger partial charge in [0.1, 0.15) is 24.1 Å². The first-order valence-corrected chi connectivity index (χ1v) is 10.8. The van der Waals surface area contributed by atoms with Crippen LogP contribution in [0.5, 0.6) is 11.5 Å². The summed E-state index contributed by atoms with van der Waals surface area (Å²) in [5.74, 6) is 0.938. The van der Waals surface area contributed by atoms with Crippen molar-refractivity contribution in [2.24, 2.45) is 0 Å². The lowest BCUT2D eigenvalue weighted by Crippen LogP contribution is -2.49. The molecule has 0 fully saturated rings. The van der Waals surface area contributed by atoms with Crippen LogP contribution in [0.3, 0.4) is 0 Å². The molecule has 0 saturated carbocycles. The molecule has 1 atom stereocenters. The van der Waals surface area contributed by atoms with Crippen molar-refractivity contribution >= 4 is 21.6 Å². The van der Waals surface area contributed by atoms with Crippen molar-refractivity contribution in [3.8, 4) is 11.5 Å². The van der Waals surface area contributed by atoms with Crippen LogP contribution in [-0.2, 0) is 14.8 Å². The Bertz CT molecular complexity index is 871. The number of carbonyl (C=O) groups is 1. The van der Waals surface area contributed by atoms with Gasteiger partial charge in [-0.05, 0) is 30.7 Å². The van der Waals surface area contributed by atoms with E-state index in [4.69, 9.17) is 9.47 Å². The Hall–Kier alpha value is -2.74. The van der Waals surface area contributed by atoms with Crippen molar-refractivity contribution in [2.75, 3.05) is 30.8 Å². The van der Waals surface area contributed by atoms with E-state index in [1.54, 1.807) is 56.5 Å². The molecule has 0 unspecified atom stereocenters. The van der Waals surface area contributed by atoms with Crippen molar-refractivity contribution < 1.29 is 22.7 Å². The number of hydrogen-bond donors (Lipinski definition) is 1. The van der Waals surface area contributed by atoms with Crippen molar-refractivity contribution in [3.63, 3.8) is 0 Å². The highest BCUT2D eigenvalue weighted by Crippen LogP contribution is 2.22. The summed E-state index contributed by atoms with van der Waals surface area (Å²) in [6, 6.07) is 14.9. The summed E-state index contributed by atoms with van der Waals surface area (Å²) in [7, 11) is -2.05. The summed E-state index contributed by atoms with van der Waals surface area (Å²) >= 11 is 0. The molecule has 8 heteroatoms. The zero-order chi connectivity index (χ0) is 20.6. The van der Waals surface area contributed by atoms with Gasteiger partial charge in [-0.1, -0.05) is 31.2 Å². The number of methoxy groups -OCH3 is 1. The smallest absolute Gasteiger partial charge is 0.244 e. The van der Waals surface area contributed by atoms with E-state index < -0.39 is 16.1 Å². The van der Waals surface area contributed by atoms with Crippen LogP contribution in [0.25, 0.3) is 0 Å². The molecule has 0 heterocycles. The number of nitrogens with one attached hydrogen (secondary N) is 1. The van der Waals surface area contributed by atoms with Gasteiger partial charge < -0.3 is 14.8 Å². The zero-order valence-corrected chi connectivity index (χ0v) is 17.1. The summed E-state index contributed by atoms with van der Waals surface area (Å²) in [5.41, 5.74) is 0.458. The Labute approximate surface area is 166 Å². The quantitative estimate of drug-likeness (QED) is 0.613. The van der Waals surface area contributed by atoms with E-state index in [0.29, 0.717) is 23.6 Å². The lowest BCUT2D eigenvalue weighted by molar-refractivity contribution is -0.122. The van der Waals surface area contributed by atoms with Gasteiger partial charge in [-0.3, -0.25) is 9.10 Å². The van der Waals surface area contributed by atoms with Gasteiger partial charge in [0.15, 0.2) is 0 Å². The van der Waals surface area contributed by atoms with E-state index in [2.05, 4.69) is 5.32 Å². The normalized spacial score (nSPS) is 12.1. The minimum absolute atomic E-state index is 0.249. The number of hydrogen-bond acceptors (Lipinski definition) is 5. The molecule has 7 nitrogen and oxygen atoms in total. The first-order chi connectivity index (χ1) is 13.4. The Morgan fingerprint density at radius 2 is 1.79 bits per heavy atom. The second-order valence-corrected chi connectivity index (χ2v) is 8.00. The molecule has 2 rings (SSSR count). The molecule has 2 aromatic rings. The predicted octanol–water partition coefficient (Wildman–Crippen LogP) is 2.44. The Kier molecular flexibility index (Phi) is 7.69. The number of sulfonamides is 1. The maximum atomic E-state index is 12.7. The third kappa shape index (κ3) is 5.88. The summed E-state index contributed by atoms with van der Waals surface area (Å²) in [4.78, 5) is 12.7. The van der Waals surface area contributed by atoms with Crippen molar-refractivity contribution in [1.29, 1.82) is 0 Å². The maximum absolute atomic E-state index is 12.7. The van der Waals surface area contributed by atoms with E-state index in [0.717, 1.165) is 10.6 Å². The number of carbonyl (C=O) groups excluding carboxylic acids is 1. The SMILES string of the molecule is CC[C@@H](C(=O)NCCOc1cccc(OC)c1)N(c1ccccc1)S(C)(=O)=O. The number of benzene rings is 2. The largest absolute Gasteiger partial charge is 0.497 e. The highest BCUT2D eigenvalue weighted by molar-refractivity contribution is 7.92. The van der Waals surface area contributed by atoms with E-state index >= 15 is 0 Å². The highest BCUT2D eigenvalue weighted by Gasteiger charge is 2.31. The molecule has 152 valence electrons. The molecule has 2 aromatic carbocycles. The number of ether oxygens (including phenoxy) is 2. The van der Waals surface area contributed by atoms with Crippen LogP contribution in [0.1, 0.15) is 13.3 Å². The molecule has 0 bridgehead atoms. The summed E-state index contributed by atoms with van der Waals surface area (Å²) in [6.45, 7) is 2.27. The van der Waals surface area contributed by atoms with E-state index in [1.807, 2.05) is 12.1 Å². The molecule has 0 saturated heterocycles. The first-order valence-electron chi connectivity index (χ1n) is 8.95. The monoisotopic (exact) mass is 406 g/mol. The Balaban J connectivity index is 1.99. The van der Waals surface area contributed by atoms with Crippen LogP contribution in [0.15, 0.2) is 54.6 Å². The number of rotatable bonds is 10. The molecule has 0 aromatic heterocycles. The van der Waals surface area contributed by atoms with Gasteiger partial charge in [-0.2, -0.15) is 0 Å². The van der Waals surface area contributed by atoms with Crippen LogP contribution in [0.2, 0.25) is 0 Å². The Morgan fingerprint density at radius 3 is 2.39 bits per heavy atom. The van der Waals surface area contributed by atoms with E-state index in [9.17, 15) is 13.2 Å². The molecule has 0 aliphatic heterocycles. The van der Waals surface area contributed by atoms with Gasteiger partial charge >= 0.3 is 0 Å². The molecule has 0 spiro atoms. The molecule has 0 aliphatic carbocycles. The minimum Gasteiger partial charge on any atom is -0.497 e. The van der Waals surface area contributed by atoms with Gasteiger partial charge in [-0.15, -0.1) is 0 Å². The fourth-order valence-electron chi connectivity index (χ4n) is 2.79. The van der Waals surface area contributed by atoms with Crippen LogP contribution in [-0.4, -0.2) is 46.9 Å². The lowest BCUT2D eigenvalue weighted by atomic mass is 10.2. The van der Waals surface area contributed by atoms with Gasteiger partial charge in [-0.25, -0.2) is 8.42 Å². The van der Waals surface area contributed by atoms with Crippen molar-refractivity contribution in [1.82, 2.24) is 5.32 Å². The second kappa shape index (κ2) is 9.98. The third-order valence-electron chi connectivity index (χ3n) is 4.05. The lowest BCUT2D eigenvalue weighted by Gasteiger charge is -2.30. The fourth-order valence-corrected chi connectivity index (χ4v) is 4.00. The number of nitrogens with zero attached hydrogens (tertiary/aromatic N) is 1. The molecule has 28 heavy (non-hydrogen) atoms. The molecule has 0 aliphatic rings. The summed E-state index contributed by atoms with van der Waals surface area (Å²) in [5, 5.41) is 2.75. The van der Waals surface area contributed by atoms with Crippen LogP contribution in [0.4, 0.5) is 5.69 Å². The fraction of sp³-hybridized carbons (Fsp3) is 0.350. The summed E-state index contributed by atoms with van der Waals surface area (Å²) < 4.78 is 36.5. The van der Waals surface area contributed by atoms with Crippen LogP contribution < -0.4 is 19.1 Å². The van der Waals surface area contributed by atoms with Crippen LogP contribution >= 0.6 is 0 Å². The van der Waals surface area contributed by atoms with Crippen molar-refractivity contribution in [3.05, 3.63) is 54.6 Å². The molecule has 0 radical (unpaired) electrons. The van der Waals surface area contributed by atoms with E-state index in [-0.39, 0.29) is 19.1 Å². The zero-order valence-electron chi connectivity index (χ0n) is 16.3. The standard InChI is InChI=1S/C20H26N2O5S/c1-4-19(22(28(3,24)25)16-9-6-5-7-10-16)20(23)21-13-14-27-18-12-8-11-17(15-18)26-2/h5-12,15,19H,4,13-14H2,1-3H3,(H,21,23)/t19-/m0/s1. The molecule has 1 amide bonds. The highest BCUT2D eigenvalue weighted by atomic mass is 32.2.